The Morgan fingerprint density at radius 2 is 1.55 bits per heavy atom. The van der Waals surface area contributed by atoms with E-state index in [0.717, 1.165) is 12.8 Å². The Morgan fingerprint density at radius 3 is 2.00 bits per heavy atom. The zero-order valence-corrected chi connectivity index (χ0v) is 14.1. The summed E-state index contributed by atoms with van der Waals surface area (Å²) in [5.74, 6) is -0.500. The second-order valence-electron chi connectivity index (χ2n) is 7.37. The number of nitrogens with one attached hydrogen (secondary N) is 1. The highest BCUT2D eigenvalue weighted by Gasteiger charge is 2.27. The fraction of sp³-hybridized carbons (Fsp3) is 0.933. The Labute approximate surface area is 125 Å². The Kier molecular flexibility index (Phi) is 7.26. The van der Waals surface area contributed by atoms with Crippen LogP contribution in [-0.4, -0.2) is 43.6 Å². The van der Waals surface area contributed by atoms with Crippen molar-refractivity contribution in [1.82, 2.24) is 5.32 Å². The van der Waals surface area contributed by atoms with E-state index in [4.69, 9.17) is 17.3 Å². The van der Waals surface area contributed by atoms with E-state index in [0.29, 0.717) is 13.2 Å². The van der Waals surface area contributed by atoms with Crippen molar-refractivity contribution in [3.05, 3.63) is 0 Å². The van der Waals surface area contributed by atoms with Gasteiger partial charge in [-0.05, 0) is 61.3 Å². The van der Waals surface area contributed by atoms with Gasteiger partial charge in [-0.25, -0.2) is 0 Å². The molecule has 0 aliphatic carbocycles. The van der Waals surface area contributed by atoms with Crippen molar-refractivity contribution in [1.29, 1.82) is 0 Å². The van der Waals surface area contributed by atoms with Gasteiger partial charge in [-0.2, -0.15) is 0 Å². The summed E-state index contributed by atoms with van der Waals surface area (Å²) < 4.78 is 11.9. The van der Waals surface area contributed by atoms with Gasteiger partial charge in [0.1, 0.15) is 0 Å². The smallest absolute Gasteiger partial charge is 0.200 e. The van der Waals surface area contributed by atoms with Gasteiger partial charge in [0.25, 0.3) is 0 Å². The lowest BCUT2D eigenvalue weighted by molar-refractivity contribution is -0.132. The van der Waals surface area contributed by atoms with Crippen molar-refractivity contribution in [3.63, 3.8) is 0 Å². The second kappa shape index (κ2) is 7.46. The molecule has 0 unspecified atom stereocenters. The normalized spacial score (nSPS) is 13.3. The molecule has 0 aromatic carbocycles. The largest absolute Gasteiger partial charge is 0.375 e. The molecule has 116 valence electrons. The highest BCUT2D eigenvalue weighted by Crippen LogP contribution is 2.24. The predicted octanol–water partition coefficient (Wildman–Crippen LogP) is 3.03. The lowest BCUT2D eigenvalue weighted by atomic mass is 10.0. The van der Waals surface area contributed by atoms with E-state index in [1.165, 1.54) is 0 Å². The zero-order chi connectivity index (χ0) is 16.0. The number of hydrogen-bond donors (Lipinski definition) is 1. The highest BCUT2D eigenvalue weighted by molar-refractivity contribution is 6.57. The first-order valence-corrected chi connectivity index (χ1v) is 7.20. The van der Waals surface area contributed by atoms with Gasteiger partial charge < -0.3 is 14.8 Å². The minimum absolute atomic E-state index is 0.162. The van der Waals surface area contributed by atoms with Crippen LogP contribution in [0, 0.1) is 0 Å². The van der Waals surface area contributed by atoms with E-state index in [9.17, 15) is 4.79 Å². The molecule has 0 bridgehead atoms. The van der Waals surface area contributed by atoms with Crippen molar-refractivity contribution < 1.29 is 14.3 Å². The number of carbonyl (C=O) groups excluding carboxylic acids is 1. The molecule has 20 heavy (non-hydrogen) atoms. The molecule has 0 atom stereocenters. The summed E-state index contributed by atoms with van der Waals surface area (Å²) in [5.41, 5.74) is -0.676. The van der Waals surface area contributed by atoms with Crippen LogP contribution in [0.25, 0.3) is 0 Å². The summed E-state index contributed by atoms with van der Waals surface area (Å²) in [6.07, 6.45) is 1.54. The Balaban J connectivity index is 4.05. The van der Waals surface area contributed by atoms with Gasteiger partial charge >= 0.3 is 0 Å². The van der Waals surface area contributed by atoms with E-state index in [1.54, 1.807) is 0 Å². The van der Waals surface area contributed by atoms with Gasteiger partial charge in [0, 0.05) is 6.54 Å². The van der Waals surface area contributed by atoms with Crippen molar-refractivity contribution in [2.45, 2.75) is 78.1 Å². The van der Waals surface area contributed by atoms with Crippen LogP contribution in [-0.2, 0) is 9.47 Å². The lowest BCUT2D eigenvalue weighted by Crippen LogP contribution is -2.37. The van der Waals surface area contributed by atoms with E-state index in [2.05, 4.69) is 39.9 Å². The number of carbonyl (C=O) groups is 1. The number of amides is 1. The molecule has 0 heterocycles. The summed E-state index contributed by atoms with van der Waals surface area (Å²) in [6, 6.07) is 0. The molecule has 0 aromatic heterocycles. The maximum Gasteiger partial charge on any atom is 0.200 e. The molecular weight excluding hydrogens is 253 g/mol. The molecule has 0 aromatic rings. The SMILES string of the molecule is [B]C(=O)NCCC(C)(C)OCCC(C)(C)OC(C)(C)C. The van der Waals surface area contributed by atoms with Crippen LogP contribution in [0.1, 0.15) is 61.3 Å². The third-order valence-electron chi connectivity index (χ3n) is 2.81. The summed E-state index contributed by atoms with van der Waals surface area (Å²) >= 11 is 0. The van der Waals surface area contributed by atoms with Gasteiger partial charge in [-0.1, -0.05) is 0 Å². The molecule has 0 fully saturated rings. The van der Waals surface area contributed by atoms with Gasteiger partial charge in [0.15, 0.2) is 13.7 Å². The quantitative estimate of drug-likeness (QED) is 0.696. The van der Waals surface area contributed by atoms with Gasteiger partial charge in [-0.3, -0.25) is 4.79 Å². The molecular formula is C15H30BNO3. The molecule has 0 aliphatic heterocycles. The van der Waals surface area contributed by atoms with Crippen LogP contribution in [0.2, 0.25) is 0 Å². The fourth-order valence-electron chi connectivity index (χ4n) is 2.01. The van der Waals surface area contributed by atoms with Gasteiger partial charge in [-0.15, -0.1) is 0 Å². The van der Waals surface area contributed by atoms with Crippen molar-refractivity contribution in [2.75, 3.05) is 13.2 Å². The monoisotopic (exact) mass is 283 g/mol. The topological polar surface area (TPSA) is 47.6 Å². The first-order valence-electron chi connectivity index (χ1n) is 7.20. The molecule has 1 amide bonds. The maximum absolute atomic E-state index is 10.6. The molecule has 1 N–H and O–H groups in total. The standard InChI is InChI=1S/C15H30BNO3/c1-13(2,3)20-15(6,7)9-11-19-14(4,5)8-10-17-12(16)18/h8-11H2,1-7H3,(H,17,18). The Morgan fingerprint density at radius 1 is 1.00 bits per heavy atom. The summed E-state index contributed by atoms with van der Waals surface area (Å²) in [6.45, 7) is 15.4. The summed E-state index contributed by atoms with van der Waals surface area (Å²) in [4.78, 5) is 10.6. The third kappa shape index (κ3) is 11.3. The minimum atomic E-state index is -0.500. The maximum atomic E-state index is 10.6. The van der Waals surface area contributed by atoms with Crippen LogP contribution in [0.15, 0.2) is 0 Å². The van der Waals surface area contributed by atoms with Gasteiger partial charge in [0.2, 0.25) is 0 Å². The van der Waals surface area contributed by atoms with Crippen molar-refractivity contribution >= 4 is 13.7 Å². The number of ether oxygens (including phenoxy) is 2. The zero-order valence-electron chi connectivity index (χ0n) is 14.1. The average Bonchev–Trinajstić information content (AvgIpc) is 2.10. The molecule has 0 saturated heterocycles. The van der Waals surface area contributed by atoms with Gasteiger partial charge in [0.05, 0.1) is 23.4 Å². The first kappa shape index (κ1) is 19.5. The van der Waals surface area contributed by atoms with Crippen LogP contribution in [0.4, 0.5) is 4.79 Å². The van der Waals surface area contributed by atoms with Crippen LogP contribution >= 0.6 is 0 Å². The van der Waals surface area contributed by atoms with E-state index >= 15 is 0 Å². The second-order valence-corrected chi connectivity index (χ2v) is 7.37. The molecule has 2 radical (unpaired) electrons. The summed E-state index contributed by atoms with van der Waals surface area (Å²) in [7, 11) is 5.03. The molecule has 4 nitrogen and oxygen atoms in total. The highest BCUT2D eigenvalue weighted by atomic mass is 16.5. The first-order chi connectivity index (χ1) is 8.83. The molecule has 0 saturated carbocycles. The predicted molar refractivity (Wildman–Crippen MR) is 83.3 cm³/mol. The van der Waals surface area contributed by atoms with E-state index in [-0.39, 0.29) is 16.8 Å². The van der Waals surface area contributed by atoms with Crippen LogP contribution in [0.3, 0.4) is 0 Å². The fourth-order valence-corrected chi connectivity index (χ4v) is 2.01. The summed E-state index contributed by atoms with van der Waals surface area (Å²) in [5, 5.41) is 2.57. The molecule has 0 rings (SSSR count). The Bertz CT molecular complexity index is 309. The van der Waals surface area contributed by atoms with Crippen LogP contribution < -0.4 is 5.32 Å². The minimum Gasteiger partial charge on any atom is -0.375 e. The number of hydrogen-bond acceptors (Lipinski definition) is 3. The Hall–Kier alpha value is -0.545. The lowest BCUT2D eigenvalue weighted by Gasteiger charge is -2.35. The molecule has 5 heteroatoms. The van der Waals surface area contributed by atoms with Crippen LogP contribution in [0.5, 0.6) is 0 Å². The van der Waals surface area contributed by atoms with Crippen molar-refractivity contribution in [2.24, 2.45) is 0 Å². The van der Waals surface area contributed by atoms with E-state index in [1.807, 2.05) is 13.8 Å². The van der Waals surface area contributed by atoms with E-state index < -0.39 is 5.81 Å². The molecule has 0 spiro atoms. The van der Waals surface area contributed by atoms with Crippen molar-refractivity contribution in [3.8, 4) is 0 Å². The molecule has 0 aliphatic rings. The number of rotatable bonds is 8. The third-order valence-corrected chi connectivity index (χ3v) is 2.81. The average molecular weight is 283 g/mol.